The molecule has 7 heteroatoms. The van der Waals surface area contributed by atoms with Crippen molar-refractivity contribution in [2.45, 2.75) is 47.1 Å². The molecule has 0 bridgehead atoms. The summed E-state index contributed by atoms with van der Waals surface area (Å²) in [5.74, 6) is 0.154. The molecule has 1 amide bonds. The molecule has 2 heterocycles. The van der Waals surface area contributed by atoms with Crippen LogP contribution in [0.15, 0.2) is 6.07 Å². The van der Waals surface area contributed by atoms with E-state index in [2.05, 4.69) is 20.4 Å². The maximum atomic E-state index is 12.4. The number of hydrogen-bond acceptors (Lipinski definition) is 5. The minimum atomic E-state index is -0.351. The molecule has 7 nitrogen and oxygen atoms in total. The lowest BCUT2D eigenvalue weighted by atomic mass is 9.85. The molecule has 0 saturated heterocycles. The second kappa shape index (κ2) is 6.00. The van der Waals surface area contributed by atoms with Crippen molar-refractivity contribution in [2.75, 3.05) is 6.61 Å². The first-order chi connectivity index (χ1) is 10.2. The summed E-state index contributed by atoms with van der Waals surface area (Å²) in [6.45, 7) is 9.82. The Morgan fingerprint density at radius 3 is 2.64 bits per heavy atom. The van der Waals surface area contributed by atoms with Gasteiger partial charge in [0, 0.05) is 24.0 Å². The van der Waals surface area contributed by atoms with Crippen LogP contribution in [0.25, 0.3) is 5.78 Å². The zero-order valence-corrected chi connectivity index (χ0v) is 13.7. The third-order valence-corrected chi connectivity index (χ3v) is 3.59. The number of carbonyl (C=O) groups excluding carboxylic acids is 1. The number of carbonyl (C=O) groups is 1. The van der Waals surface area contributed by atoms with Gasteiger partial charge in [-0.2, -0.15) is 4.98 Å². The minimum absolute atomic E-state index is 0.0146. The van der Waals surface area contributed by atoms with Gasteiger partial charge in [-0.1, -0.05) is 20.8 Å². The van der Waals surface area contributed by atoms with E-state index in [-0.39, 0.29) is 29.8 Å². The fourth-order valence-electron chi connectivity index (χ4n) is 2.34. The topological polar surface area (TPSA) is 92.4 Å². The van der Waals surface area contributed by atoms with E-state index in [1.165, 1.54) is 0 Å². The first-order valence-corrected chi connectivity index (χ1v) is 7.35. The van der Waals surface area contributed by atoms with Crippen molar-refractivity contribution >= 4 is 11.7 Å². The van der Waals surface area contributed by atoms with Crippen molar-refractivity contribution in [3.63, 3.8) is 0 Å². The van der Waals surface area contributed by atoms with Gasteiger partial charge in [0.15, 0.2) is 0 Å². The lowest BCUT2D eigenvalue weighted by Gasteiger charge is -2.30. The highest BCUT2D eigenvalue weighted by molar-refractivity contribution is 5.91. The van der Waals surface area contributed by atoms with Crippen LogP contribution in [-0.2, 0) is 0 Å². The van der Waals surface area contributed by atoms with Crippen LogP contribution in [0.5, 0.6) is 0 Å². The zero-order chi connectivity index (χ0) is 16.5. The van der Waals surface area contributed by atoms with Crippen LogP contribution in [-0.4, -0.2) is 43.2 Å². The second-order valence-corrected chi connectivity index (χ2v) is 6.59. The molecule has 0 fully saturated rings. The summed E-state index contributed by atoms with van der Waals surface area (Å²) < 4.78 is 1.56. The summed E-state index contributed by atoms with van der Waals surface area (Å²) in [4.78, 5) is 20.9. The third kappa shape index (κ3) is 3.41. The third-order valence-electron chi connectivity index (χ3n) is 3.59. The van der Waals surface area contributed by atoms with E-state index < -0.39 is 0 Å². The number of amides is 1. The Morgan fingerprint density at radius 2 is 2.05 bits per heavy atom. The molecule has 2 aromatic heterocycles. The summed E-state index contributed by atoms with van der Waals surface area (Å²) in [6, 6.07) is 1.72. The van der Waals surface area contributed by atoms with Crippen LogP contribution in [0.1, 0.15) is 49.2 Å². The minimum Gasteiger partial charge on any atom is -0.396 e. The predicted octanol–water partition coefficient (Wildman–Crippen LogP) is 1.27. The Bertz CT molecular complexity index is 687. The lowest BCUT2D eigenvalue weighted by Crippen LogP contribution is -2.44. The van der Waals surface area contributed by atoms with Gasteiger partial charge in [0.25, 0.3) is 11.7 Å². The number of fused-ring (bicyclic) bond motifs is 1. The second-order valence-electron chi connectivity index (χ2n) is 6.59. The molecule has 2 N–H and O–H groups in total. The van der Waals surface area contributed by atoms with E-state index in [4.69, 9.17) is 5.11 Å². The fraction of sp³-hybridized carbons (Fsp3) is 0.600. The fourth-order valence-corrected chi connectivity index (χ4v) is 2.34. The molecule has 0 radical (unpaired) electrons. The predicted molar refractivity (Wildman–Crippen MR) is 82.7 cm³/mol. The molecule has 0 aliphatic rings. The Labute approximate surface area is 129 Å². The molecule has 1 atom stereocenters. The highest BCUT2D eigenvalue weighted by Gasteiger charge is 2.27. The van der Waals surface area contributed by atoms with Crippen molar-refractivity contribution in [1.29, 1.82) is 0 Å². The van der Waals surface area contributed by atoms with Gasteiger partial charge in [0.2, 0.25) is 5.82 Å². The van der Waals surface area contributed by atoms with Gasteiger partial charge >= 0.3 is 0 Å². The molecule has 22 heavy (non-hydrogen) atoms. The number of hydrogen-bond donors (Lipinski definition) is 2. The molecule has 0 spiro atoms. The maximum Gasteiger partial charge on any atom is 0.291 e. The number of rotatable bonds is 4. The Balaban J connectivity index is 2.27. The van der Waals surface area contributed by atoms with Gasteiger partial charge in [-0.05, 0) is 31.7 Å². The van der Waals surface area contributed by atoms with Crippen LogP contribution < -0.4 is 5.32 Å². The Morgan fingerprint density at radius 1 is 1.36 bits per heavy atom. The molecular formula is C15H23N5O2. The van der Waals surface area contributed by atoms with Crippen LogP contribution in [0.2, 0.25) is 0 Å². The van der Waals surface area contributed by atoms with Crippen molar-refractivity contribution in [3.05, 3.63) is 23.3 Å². The number of aliphatic hydroxyl groups is 1. The van der Waals surface area contributed by atoms with E-state index in [1.807, 2.05) is 40.7 Å². The summed E-state index contributed by atoms with van der Waals surface area (Å²) in [5, 5.41) is 16.3. The van der Waals surface area contributed by atoms with Gasteiger partial charge < -0.3 is 10.4 Å². The summed E-state index contributed by atoms with van der Waals surface area (Å²) >= 11 is 0. The van der Waals surface area contributed by atoms with Gasteiger partial charge in [0.1, 0.15) is 0 Å². The molecule has 1 unspecified atom stereocenters. The summed E-state index contributed by atoms with van der Waals surface area (Å²) in [6.07, 6.45) is 0.485. The highest BCUT2D eigenvalue weighted by atomic mass is 16.3. The normalized spacial score (nSPS) is 13.4. The molecule has 0 aliphatic carbocycles. The molecule has 0 aliphatic heterocycles. The van der Waals surface area contributed by atoms with Crippen molar-refractivity contribution in [2.24, 2.45) is 5.41 Å². The molecule has 0 saturated carbocycles. The first-order valence-electron chi connectivity index (χ1n) is 7.35. The van der Waals surface area contributed by atoms with E-state index in [1.54, 1.807) is 4.52 Å². The Hall–Kier alpha value is -2.02. The van der Waals surface area contributed by atoms with Crippen LogP contribution >= 0.6 is 0 Å². The quantitative estimate of drug-likeness (QED) is 0.887. The number of nitrogens with one attached hydrogen (secondary N) is 1. The molecule has 0 aromatic carbocycles. The zero-order valence-electron chi connectivity index (χ0n) is 13.7. The van der Waals surface area contributed by atoms with Gasteiger partial charge in [-0.3, -0.25) is 4.79 Å². The van der Waals surface area contributed by atoms with Gasteiger partial charge in [-0.15, -0.1) is 5.10 Å². The average molecular weight is 305 g/mol. The Kier molecular flexibility index (Phi) is 4.46. The largest absolute Gasteiger partial charge is 0.396 e. The van der Waals surface area contributed by atoms with E-state index in [9.17, 15) is 4.79 Å². The number of nitrogens with zero attached hydrogens (tertiary/aromatic N) is 4. The molecular weight excluding hydrogens is 282 g/mol. The van der Waals surface area contributed by atoms with Gasteiger partial charge in [0.05, 0.1) is 0 Å². The van der Waals surface area contributed by atoms with Crippen molar-refractivity contribution in [1.82, 2.24) is 24.9 Å². The van der Waals surface area contributed by atoms with E-state index in [0.717, 1.165) is 11.4 Å². The number of aliphatic hydroxyl groups excluding tert-OH is 1. The maximum absolute atomic E-state index is 12.4. The SMILES string of the molecule is Cc1cc(C)n2nc(C(=O)NC(CCO)C(C)(C)C)nc2n1. The number of aromatic nitrogens is 4. The average Bonchev–Trinajstić information content (AvgIpc) is 2.81. The van der Waals surface area contributed by atoms with Crippen LogP contribution in [0, 0.1) is 19.3 Å². The smallest absolute Gasteiger partial charge is 0.291 e. The van der Waals surface area contributed by atoms with E-state index in [0.29, 0.717) is 12.2 Å². The standard InChI is InChI=1S/C15H23N5O2/c1-9-8-10(2)20-14(16-9)18-12(19-20)13(22)17-11(6-7-21)15(3,4)5/h8,11,21H,6-7H2,1-5H3,(H,17,22). The van der Waals surface area contributed by atoms with E-state index >= 15 is 0 Å². The monoisotopic (exact) mass is 305 g/mol. The van der Waals surface area contributed by atoms with Crippen molar-refractivity contribution in [3.8, 4) is 0 Å². The number of aryl methyl sites for hydroxylation is 2. The van der Waals surface area contributed by atoms with Gasteiger partial charge in [-0.25, -0.2) is 9.50 Å². The lowest BCUT2D eigenvalue weighted by molar-refractivity contribution is 0.0875. The van der Waals surface area contributed by atoms with Crippen LogP contribution in [0.3, 0.4) is 0 Å². The van der Waals surface area contributed by atoms with Crippen LogP contribution in [0.4, 0.5) is 0 Å². The summed E-state index contributed by atoms with van der Waals surface area (Å²) in [5.41, 5.74) is 1.54. The highest BCUT2D eigenvalue weighted by Crippen LogP contribution is 2.21. The molecule has 120 valence electrons. The molecule has 2 aromatic rings. The summed E-state index contributed by atoms with van der Waals surface area (Å²) in [7, 11) is 0. The first kappa shape index (κ1) is 16.4. The van der Waals surface area contributed by atoms with Crippen molar-refractivity contribution < 1.29 is 9.90 Å². The molecule has 2 rings (SSSR count).